The summed E-state index contributed by atoms with van der Waals surface area (Å²) in [4.78, 5) is 51.4. The number of hydroxylamine groups is 2. The van der Waals surface area contributed by atoms with Crippen LogP contribution in [0, 0.1) is 5.21 Å². The van der Waals surface area contributed by atoms with E-state index in [9.17, 15) is 24.6 Å². The van der Waals surface area contributed by atoms with Crippen LogP contribution in [0.1, 0.15) is 214 Å². The van der Waals surface area contributed by atoms with Crippen LogP contribution in [0.25, 0.3) is 0 Å². The van der Waals surface area contributed by atoms with Crippen molar-refractivity contribution in [2.24, 2.45) is 0 Å². The van der Waals surface area contributed by atoms with Crippen LogP contribution >= 0.6 is 8.17 Å². The van der Waals surface area contributed by atoms with Crippen LogP contribution in [-0.2, 0) is 37.7 Å². The first-order chi connectivity index (χ1) is 28.0. The first-order valence-electron chi connectivity index (χ1n) is 23.9. The van der Waals surface area contributed by atoms with Crippen molar-refractivity contribution in [3.8, 4) is 0 Å². The molecular weight excluding hydrogens is 771 g/mol. The molecule has 0 aliphatic carbocycles. The maximum atomic E-state index is 13.5. The van der Waals surface area contributed by atoms with Crippen LogP contribution in [0.5, 0.6) is 0 Å². The average Bonchev–Trinajstić information content (AvgIpc) is 3.38. The van der Waals surface area contributed by atoms with Gasteiger partial charge in [-0.05, 0) is 33.1 Å². The van der Waals surface area contributed by atoms with Crippen LogP contribution in [0.4, 0.5) is 0 Å². The Balaban J connectivity index is 2.65. The van der Waals surface area contributed by atoms with E-state index in [2.05, 4.69) is 13.8 Å². The zero-order chi connectivity index (χ0) is 43.9. The van der Waals surface area contributed by atoms with Crippen molar-refractivity contribution in [2.45, 2.75) is 231 Å². The molecule has 0 aromatic rings. The number of nitrogens with zero attached hydrogens (tertiary/aromatic N) is 2. The molecule has 1 unspecified atom stereocenters. The first kappa shape index (κ1) is 56.1. The summed E-state index contributed by atoms with van der Waals surface area (Å²) < 4.78 is 28.1. The van der Waals surface area contributed by atoms with Crippen LogP contribution < -0.4 is 4.89 Å². The molecule has 1 saturated heterocycles. The summed E-state index contributed by atoms with van der Waals surface area (Å²) in [5.74, 6) is -1.21. The lowest BCUT2D eigenvalue weighted by atomic mass is 9.99. The number of unbranched alkanes of at least 4 members (excludes halogenated alkanes) is 24. The summed E-state index contributed by atoms with van der Waals surface area (Å²) >= 11 is 0. The maximum Gasteiger partial charge on any atom is 0.426 e. The number of hydrogen-bond acceptors (Lipinski definition) is 10. The first-order valence-corrected chi connectivity index (χ1v) is 25.4. The van der Waals surface area contributed by atoms with Gasteiger partial charge in [-0.3, -0.25) is 9.59 Å². The van der Waals surface area contributed by atoms with E-state index in [1.54, 1.807) is 0 Å². The molecule has 1 fully saturated rings. The van der Waals surface area contributed by atoms with E-state index >= 15 is 0 Å². The van der Waals surface area contributed by atoms with E-state index in [1.807, 2.05) is 35.0 Å². The molecule has 2 atom stereocenters. The second-order valence-electron chi connectivity index (χ2n) is 18.9. The van der Waals surface area contributed by atoms with E-state index < -0.39 is 44.1 Å². The molecule has 349 valence electrons. The largest absolute Gasteiger partial charge is 0.783 e. The highest BCUT2D eigenvalue weighted by atomic mass is 31.2. The van der Waals surface area contributed by atoms with Gasteiger partial charge in [-0.15, -0.1) is 0 Å². The Morgan fingerprint density at radius 1 is 0.678 bits per heavy atom. The van der Waals surface area contributed by atoms with E-state index in [1.165, 1.54) is 116 Å². The summed E-state index contributed by atoms with van der Waals surface area (Å²) in [6.45, 7) is 7.60. The fourth-order valence-corrected chi connectivity index (χ4v) is 8.38. The van der Waals surface area contributed by atoms with Crippen LogP contribution in [0.3, 0.4) is 0 Å². The highest BCUT2D eigenvalue weighted by Crippen LogP contribution is 2.49. The Hall–Kier alpha value is -0.950. The highest BCUT2D eigenvalue weighted by molar-refractivity contribution is 7.52. The third-order valence-corrected chi connectivity index (χ3v) is 12.1. The van der Waals surface area contributed by atoms with Gasteiger partial charge in [0.2, 0.25) is 0 Å². The zero-order valence-corrected chi connectivity index (χ0v) is 39.9. The number of likely N-dealkylation sites (N-methyl/N-ethyl adjacent to an activating group) is 1. The van der Waals surface area contributed by atoms with E-state index in [0.717, 1.165) is 43.6 Å². The van der Waals surface area contributed by atoms with Crippen molar-refractivity contribution in [1.29, 1.82) is 0 Å². The lowest BCUT2D eigenvalue weighted by Crippen LogP contribution is -2.45. The Morgan fingerprint density at radius 3 is 1.54 bits per heavy atom. The normalized spacial score (nSPS) is 18.5. The molecule has 0 amide bonds. The molecule has 1 aliphatic rings. The lowest BCUT2D eigenvalue weighted by Gasteiger charge is -2.41. The van der Waals surface area contributed by atoms with E-state index in [0.29, 0.717) is 30.3 Å². The van der Waals surface area contributed by atoms with Crippen molar-refractivity contribution < 1.29 is 47.1 Å². The fourth-order valence-electron chi connectivity index (χ4n) is 7.65. The van der Waals surface area contributed by atoms with Crippen molar-refractivity contribution in [2.75, 3.05) is 54.1 Å². The Morgan fingerprint density at radius 2 is 1.12 bits per heavy atom. The second-order valence-corrected chi connectivity index (χ2v) is 20.3. The molecular formula is C46H90N2O10P. The van der Waals surface area contributed by atoms with Crippen LogP contribution in [0.2, 0.25) is 0 Å². The molecule has 59 heavy (non-hydrogen) atoms. The van der Waals surface area contributed by atoms with Gasteiger partial charge in [0.1, 0.15) is 32.1 Å². The highest BCUT2D eigenvalue weighted by Gasteiger charge is 2.47. The summed E-state index contributed by atoms with van der Waals surface area (Å²) in [5.41, 5.74) is -2.17. The van der Waals surface area contributed by atoms with Crippen molar-refractivity contribution in [1.82, 2.24) is 5.06 Å². The standard InChI is InChI=1S/C46H90N2O10P/c1-8-10-12-14-16-18-20-22-24-26-28-30-32-34-43(49)54-39-42(40-56-59(52,53)55-37-36-48(5,6)7)57-44(50)38-46(47(51)41-45(3,4)58-46)35-33-31-29-27-25-23-21-19-17-15-13-11-9-2/h42H,8-41H2,1-7H3/t42-,46?/m1/s1. The smallest absolute Gasteiger partial charge is 0.426 e. The minimum absolute atomic E-state index is 0.0863. The fraction of sp³-hybridized carbons (Fsp3) is 0.957. The monoisotopic (exact) mass is 862 g/mol. The van der Waals surface area contributed by atoms with Gasteiger partial charge in [-0.1, -0.05) is 168 Å². The van der Waals surface area contributed by atoms with E-state index in [4.69, 9.17) is 23.3 Å². The molecule has 1 aliphatic heterocycles. The maximum absolute atomic E-state index is 13.5. The predicted molar refractivity (Wildman–Crippen MR) is 236 cm³/mol. The number of rotatable bonds is 40. The van der Waals surface area contributed by atoms with Gasteiger partial charge in [0.05, 0.1) is 33.2 Å². The van der Waals surface area contributed by atoms with Gasteiger partial charge in [-0.2, -0.15) is 9.05 Å². The summed E-state index contributed by atoms with van der Waals surface area (Å²) in [5, 5.41) is 14.2. The summed E-state index contributed by atoms with van der Waals surface area (Å²) in [6, 6.07) is 0. The number of esters is 2. The summed E-state index contributed by atoms with van der Waals surface area (Å²) in [7, 11) is 0.975. The summed E-state index contributed by atoms with van der Waals surface area (Å²) in [6.07, 6.45) is 30.0. The number of hydrogen-bond donors (Lipinski definition) is 0. The van der Waals surface area contributed by atoms with Gasteiger partial charge in [-0.25, -0.2) is 0 Å². The average molecular weight is 862 g/mol. The third kappa shape index (κ3) is 30.7. The predicted octanol–water partition coefficient (Wildman–Crippen LogP) is 11.3. The zero-order valence-electron chi connectivity index (χ0n) is 39.0. The second kappa shape index (κ2) is 32.7. The molecule has 13 heteroatoms. The van der Waals surface area contributed by atoms with Crippen molar-refractivity contribution >= 4 is 20.1 Å². The molecule has 1 radical (unpaired) electrons. The molecule has 1 rings (SSSR count). The van der Waals surface area contributed by atoms with Crippen molar-refractivity contribution in [3.63, 3.8) is 0 Å². The molecule has 1 heterocycles. The SMILES string of the molecule is CCCCCCCCCCCCCCCC(=O)OC[C@H](CO[P+]([O])([O-])OCC[N+](C)(C)C)OC(=O)CC1(CCCCCCCCCCCCCCC)OC(C)(C)CN1[O-]. The molecule has 0 saturated carbocycles. The molecule has 0 aromatic carbocycles. The number of carbonyl (C=O) groups is 2. The Labute approximate surface area is 362 Å². The van der Waals surface area contributed by atoms with Gasteiger partial charge in [0.15, 0.2) is 6.10 Å². The molecule has 0 spiro atoms. The molecule has 0 N–H and O–H groups in total. The number of quaternary nitrogens is 1. The number of carbonyl (C=O) groups excluding carboxylic acids is 2. The van der Waals surface area contributed by atoms with Crippen LogP contribution in [-0.4, -0.2) is 93.0 Å². The van der Waals surface area contributed by atoms with Gasteiger partial charge in [0, 0.05) is 17.9 Å². The number of ether oxygens (including phenoxy) is 3. The quantitative estimate of drug-likeness (QED) is 0.0252. The minimum Gasteiger partial charge on any atom is -0.783 e. The van der Waals surface area contributed by atoms with Gasteiger partial charge < -0.3 is 33.9 Å². The molecule has 12 nitrogen and oxygen atoms in total. The Bertz CT molecular complexity index is 1060. The van der Waals surface area contributed by atoms with Gasteiger partial charge >= 0.3 is 20.1 Å². The topological polar surface area (TPSA) is 150 Å². The van der Waals surface area contributed by atoms with E-state index in [-0.39, 0.29) is 32.6 Å². The van der Waals surface area contributed by atoms with Crippen LogP contribution in [0.15, 0.2) is 0 Å². The molecule has 0 aromatic heterocycles. The van der Waals surface area contributed by atoms with Gasteiger partial charge in [0.25, 0.3) is 0 Å². The molecule has 0 bridgehead atoms. The lowest BCUT2D eigenvalue weighted by molar-refractivity contribution is -0.870. The Kier molecular flexibility index (Phi) is 31.1. The van der Waals surface area contributed by atoms with Crippen molar-refractivity contribution in [3.05, 3.63) is 5.21 Å². The third-order valence-electron chi connectivity index (χ3n) is 11.2. The minimum atomic E-state index is -4.75.